The molecular weight excluding hydrogens is 294 g/mol. The fraction of sp³-hybridized carbons (Fsp3) is 0.176. The van der Waals surface area contributed by atoms with E-state index in [0.29, 0.717) is 12.1 Å². The third kappa shape index (κ3) is 3.49. The molecule has 112 valence electrons. The van der Waals surface area contributed by atoms with Crippen LogP contribution in [-0.4, -0.2) is 28.4 Å². The van der Waals surface area contributed by atoms with Crippen LogP contribution in [0.1, 0.15) is 16.8 Å². The summed E-state index contributed by atoms with van der Waals surface area (Å²) in [6, 6.07) is 15.9. The van der Waals surface area contributed by atoms with E-state index in [1.54, 1.807) is 18.0 Å². The third-order valence-corrected chi connectivity index (χ3v) is 4.44. The number of carbonyl (C=O) groups is 1. The Hall–Kier alpha value is -2.27. The van der Waals surface area contributed by atoms with E-state index in [1.807, 2.05) is 36.4 Å². The first-order valence-electron chi connectivity index (χ1n) is 7.23. The number of benzene rings is 2. The van der Waals surface area contributed by atoms with Gasteiger partial charge in [0, 0.05) is 16.8 Å². The number of carbonyl (C=O) groups excluding carboxylic acids is 1. The normalized spacial score (nSPS) is 10.7. The summed E-state index contributed by atoms with van der Waals surface area (Å²) in [5, 5.41) is 10.8. The lowest BCUT2D eigenvalue weighted by atomic mass is 10.1. The van der Waals surface area contributed by atoms with Gasteiger partial charge in [0.2, 0.25) is 0 Å². The molecule has 1 amide bonds. The Labute approximate surface area is 133 Å². The number of nitrogens with one attached hydrogen (secondary N) is 2. The van der Waals surface area contributed by atoms with Crippen LogP contribution in [0.25, 0.3) is 10.9 Å². The minimum Gasteiger partial charge on any atom is -0.352 e. The third-order valence-electron chi connectivity index (χ3n) is 3.34. The second-order valence-electron chi connectivity index (χ2n) is 4.91. The average Bonchev–Trinajstić information content (AvgIpc) is 3.04. The van der Waals surface area contributed by atoms with Crippen molar-refractivity contribution < 1.29 is 4.79 Å². The van der Waals surface area contributed by atoms with Gasteiger partial charge < -0.3 is 5.32 Å². The maximum atomic E-state index is 12.2. The number of hydrogen-bond donors (Lipinski definition) is 2. The number of H-pyrrole nitrogens is 1. The molecule has 1 heterocycles. The lowest BCUT2D eigenvalue weighted by molar-refractivity contribution is 0.0955. The minimum atomic E-state index is -0.0560. The topological polar surface area (TPSA) is 57.8 Å². The molecule has 0 fully saturated rings. The summed E-state index contributed by atoms with van der Waals surface area (Å²) in [6.07, 6.45) is 2.66. The lowest BCUT2D eigenvalue weighted by Crippen LogP contribution is -2.25. The zero-order chi connectivity index (χ0) is 15.2. The molecule has 0 bridgehead atoms. The second kappa shape index (κ2) is 7.13. The molecule has 3 rings (SSSR count). The number of fused-ring (bicyclic) bond motifs is 1. The smallest absolute Gasteiger partial charge is 0.253 e. The summed E-state index contributed by atoms with van der Waals surface area (Å²) in [4.78, 5) is 13.5. The van der Waals surface area contributed by atoms with Crippen molar-refractivity contribution in [3.63, 3.8) is 0 Å². The number of aromatic nitrogens is 2. The Morgan fingerprint density at radius 2 is 2.00 bits per heavy atom. The Balaban J connectivity index is 1.48. The number of rotatable bonds is 6. The molecule has 0 radical (unpaired) electrons. The summed E-state index contributed by atoms with van der Waals surface area (Å²) in [7, 11) is 0. The monoisotopic (exact) mass is 311 g/mol. The Bertz CT molecular complexity index is 755. The number of amides is 1. The summed E-state index contributed by atoms with van der Waals surface area (Å²) in [6.45, 7) is 0.670. The van der Waals surface area contributed by atoms with Crippen molar-refractivity contribution in [3.05, 3.63) is 60.3 Å². The molecule has 0 aliphatic carbocycles. The fourth-order valence-corrected chi connectivity index (χ4v) is 3.11. The molecule has 5 heteroatoms. The average molecular weight is 311 g/mol. The van der Waals surface area contributed by atoms with Gasteiger partial charge in [-0.05, 0) is 30.4 Å². The molecular formula is C17H17N3OS. The van der Waals surface area contributed by atoms with E-state index in [9.17, 15) is 4.79 Å². The van der Waals surface area contributed by atoms with Crippen LogP contribution in [0.5, 0.6) is 0 Å². The molecule has 0 spiro atoms. The van der Waals surface area contributed by atoms with Crippen LogP contribution in [0.4, 0.5) is 0 Å². The molecule has 0 saturated carbocycles. The van der Waals surface area contributed by atoms with Gasteiger partial charge in [0.15, 0.2) is 0 Å². The van der Waals surface area contributed by atoms with Gasteiger partial charge in [-0.15, -0.1) is 11.8 Å². The Morgan fingerprint density at radius 1 is 1.14 bits per heavy atom. The first-order valence-corrected chi connectivity index (χ1v) is 8.21. The second-order valence-corrected chi connectivity index (χ2v) is 6.08. The fourth-order valence-electron chi connectivity index (χ4n) is 2.23. The zero-order valence-corrected chi connectivity index (χ0v) is 12.9. The summed E-state index contributed by atoms with van der Waals surface area (Å²) < 4.78 is 0. The molecule has 0 unspecified atom stereocenters. The van der Waals surface area contributed by atoms with Crippen molar-refractivity contribution in [1.82, 2.24) is 15.5 Å². The molecule has 1 aromatic heterocycles. The van der Waals surface area contributed by atoms with Gasteiger partial charge in [-0.1, -0.05) is 30.3 Å². The quantitative estimate of drug-likeness (QED) is 0.541. The van der Waals surface area contributed by atoms with Crippen LogP contribution in [-0.2, 0) is 0 Å². The van der Waals surface area contributed by atoms with Crippen LogP contribution in [0.15, 0.2) is 59.6 Å². The van der Waals surface area contributed by atoms with Crippen molar-refractivity contribution in [1.29, 1.82) is 0 Å². The van der Waals surface area contributed by atoms with Gasteiger partial charge in [0.05, 0.1) is 17.3 Å². The lowest BCUT2D eigenvalue weighted by Gasteiger charge is -2.06. The molecule has 0 atom stereocenters. The molecule has 3 aromatic rings. The molecule has 4 nitrogen and oxygen atoms in total. The number of aromatic amines is 1. The van der Waals surface area contributed by atoms with Crippen LogP contribution in [0, 0.1) is 0 Å². The van der Waals surface area contributed by atoms with E-state index >= 15 is 0 Å². The highest BCUT2D eigenvalue weighted by Gasteiger charge is 2.10. The van der Waals surface area contributed by atoms with E-state index < -0.39 is 0 Å². The van der Waals surface area contributed by atoms with Gasteiger partial charge in [-0.2, -0.15) is 5.10 Å². The van der Waals surface area contributed by atoms with E-state index in [1.165, 1.54) is 4.90 Å². The summed E-state index contributed by atoms with van der Waals surface area (Å²) in [5.74, 6) is 0.929. The highest BCUT2D eigenvalue weighted by atomic mass is 32.2. The number of para-hydroxylation sites is 1. The predicted octanol–water partition coefficient (Wildman–Crippen LogP) is 3.48. The van der Waals surface area contributed by atoms with Crippen molar-refractivity contribution >= 4 is 28.6 Å². The predicted molar refractivity (Wildman–Crippen MR) is 90.2 cm³/mol. The molecule has 0 aliphatic rings. The van der Waals surface area contributed by atoms with E-state index in [-0.39, 0.29) is 5.91 Å². The van der Waals surface area contributed by atoms with Crippen LogP contribution in [0.2, 0.25) is 0 Å². The Kier molecular flexibility index (Phi) is 4.75. The van der Waals surface area contributed by atoms with Crippen LogP contribution >= 0.6 is 11.8 Å². The van der Waals surface area contributed by atoms with Gasteiger partial charge in [0.25, 0.3) is 5.91 Å². The first-order chi connectivity index (χ1) is 10.8. The highest BCUT2D eigenvalue weighted by Crippen LogP contribution is 2.18. The minimum absolute atomic E-state index is 0.0560. The van der Waals surface area contributed by atoms with Crippen molar-refractivity contribution in [2.24, 2.45) is 0 Å². The molecule has 0 aliphatic heterocycles. The van der Waals surface area contributed by atoms with Crippen LogP contribution in [0.3, 0.4) is 0 Å². The largest absolute Gasteiger partial charge is 0.352 e. The maximum Gasteiger partial charge on any atom is 0.253 e. The SMILES string of the molecule is O=C(NCCCSc1ccccc1)c1cccc2cn[nH]c12. The number of nitrogens with zero attached hydrogens (tertiary/aromatic N) is 1. The van der Waals surface area contributed by atoms with E-state index in [2.05, 4.69) is 27.6 Å². The maximum absolute atomic E-state index is 12.2. The highest BCUT2D eigenvalue weighted by molar-refractivity contribution is 7.99. The Morgan fingerprint density at radius 3 is 2.86 bits per heavy atom. The molecule has 0 saturated heterocycles. The van der Waals surface area contributed by atoms with E-state index in [0.717, 1.165) is 23.1 Å². The molecule has 2 aromatic carbocycles. The number of hydrogen-bond acceptors (Lipinski definition) is 3. The van der Waals surface area contributed by atoms with Crippen molar-refractivity contribution in [2.45, 2.75) is 11.3 Å². The zero-order valence-electron chi connectivity index (χ0n) is 12.1. The van der Waals surface area contributed by atoms with Gasteiger partial charge in [-0.25, -0.2) is 0 Å². The van der Waals surface area contributed by atoms with Crippen molar-refractivity contribution in [3.8, 4) is 0 Å². The summed E-state index contributed by atoms with van der Waals surface area (Å²) in [5.41, 5.74) is 1.43. The standard InChI is InChI=1S/C17H17N3OS/c21-17(15-9-4-6-13-12-19-20-16(13)15)18-10-5-11-22-14-7-2-1-3-8-14/h1-4,6-9,12H,5,10-11H2,(H,18,21)(H,19,20). The van der Waals surface area contributed by atoms with Gasteiger partial charge in [0.1, 0.15) is 0 Å². The van der Waals surface area contributed by atoms with E-state index in [4.69, 9.17) is 0 Å². The first kappa shape index (κ1) is 14.7. The van der Waals surface area contributed by atoms with Crippen LogP contribution < -0.4 is 5.32 Å². The van der Waals surface area contributed by atoms with Gasteiger partial charge in [-0.3, -0.25) is 9.89 Å². The summed E-state index contributed by atoms with van der Waals surface area (Å²) >= 11 is 1.80. The molecule has 22 heavy (non-hydrogen) atoms. The molecule has 2 N–H and O–H groups in total. The van der Waals surface area contributed by atoms with Crippen molar-refractivity contribution in [2.75, 3.05) is 12.3 Å². The van der Waals surface area contributed by atoms with Gasteiger partial charge >= 0.3 is 0 Å². The number of thioether (sulfide) groups is 1.